The first kappa shape index (κ1) is 17.5. The average molecular weight is 399 g/mol. The summed E-state index contributed by atoms with van der Waals surface area (Å²) < 4.78 is 11.5. The topological polar surface area (TPSA) is 71.8 Å². The van der Waals surface area contributed by atoms with Crippen LogP contribution in [0.5, 0.6) is 0 Å². The highest BCUT2D eigenvalue weighted by molar-refractivity contribution is 6.31. The Bertz CT molecular complexity index is 957. The lowest BCUT2D eigenvalue weighted by molar-refractivity contribution is -0.138. The van der Waals surface area contributed by atoms with Crippen LogP contribution in [0, 0.1) is 11.8 Å². The predicted molar refractivity (Wildman–Crippen MR) is 101 cm³/mol. The second-order valence-electron chi connectivity index (χ2n) is 7.48. The zero-order valence-corrected chi connectivity index (χ0v) is 15.8. The third-order valence-electron chi connectivity index (χ3n) is 5.82. The summed E-state index contributed by atoms with van der Waals surface area (Å²) in [6.45, 7) is 1.12. The number of furan rings is 1. The molecule has 5 rings (SSSR count). The maximum atomic E-state index is 13.1. The van der Waals surface area contributed by atoms with E-state index in [1.165, 1.54) is 0 Å². The molecule has 1 spiro atoms. The summed E-state index contributed by atoms with van der Waals surface area (Å²) in [5.41, 5.74) is 0.116. The van der Waals surface area contributed by atoms with Crippen molar-refractivity contribution in [2.75, 3.05) is 6.54 Å². The van der Waals surface area contributed by atoms with Crippen LogP contribution in [0.15, 0.2) is 59.2 Å². The molecule has 1 aromatic heterocycles. The summed E-state index contributed by atoms with van der Waals surface area (Å²) in [5, 5.41) is 3.53. The maximum absolute atomic E-state index is 13.1. The van der Waals surface area contributed by atoms with Gasteiger partial charge in [0.1, 0.15) is 11.4 Å². The number of nitrogens with zero attached hydrogens (tertiary/aromatic N) is 1. The Hall–Kier alpha value is -2.57. The Morgan fingerprint density at radius 3 is 2.93 bits per heavy atom. The SMILES string of the molecule is O=C(NCc1ccccc1Cl)C1C2C(=O)N(Cc3ccco3)CC23C=C[C@H]1O3. The van der Waals surface area contributed by atoms with E-state index in [0.29, 0.717) is 30.4 Å². The highest BCUT2D eigenvalue weighted by atomic mass is 35.5. The number of likely N-dealkylation sites (tertiary alicyclic amines) is 1. The van der Waals surface area contributed by atoms with Gasteiger partial charge in [0, 0.05) is 11.6 Å². The fourth-order valence-corrected chi connectivity index (χ4v) is 4.75. The third-order valence-corrected chi connectivity index (χ3v) is 6.19. The average Bonchev–Trinajstić information content (AvgIpc) is 3.44. The van der Waals surface area contributed by atoms with Crippen LogP contribution in [-0.4, -0.2) is 35.0 Å². The van der Waals surface area contributed by atoms with Crippen molar-refractivity contribution in [1.29, 1.82) is 0 Å². The number of rotatable bonds is 5. The monoisotopic (exact) mass is 398 g/mol. The number of fused-ring (bicyclic) bond motifs is 1. The van der Waals surface area contributed by atoms with E-state index in [2.05, 4.69) is 5.32 Å². The maximum Gasteiger partial charge on any atom is 0.230 e. The number of nitrogens with one attached hydrogen (secondary N) is 1. The molecule has 7 heteroatoms. The summed E-state index contributed by atoms with van der Waals surface area (Å²) in [6, 6.07) is 11.0. The normalized spacial score (nSPS) is 30.1. The van der Waals surface area contributed by atoms with Gasteiger partial charge in [-0.15, -0.1) is 0 Å². The second-order valence-corrected chi connectivity index (χ2v) is 7.89. The van der Waals surface area contributed by atoms with E-state index in [9.17, 15) is 9.59 Å². The van der Waals surface area contributed by atoms with Gasteiger partial charge in [-0.05, 0) is 23.8 Å². The molecule has 2 aromatic rings. The molecular weight excluding hydrogens is 380 g/mol. The van der Waals surface area contributed by atoms with Gasteiger partial charge in [0.15, 0.2) is 0 Å². The lowest BCUT2D eigenvalue weighted by atomic mass is 9.77. The number of ether oxygens (including phenoxy) is 1. The van der Waals surface area contributed by atoms with E-state index in [4.69, 9.17) is 20.8 Å². The quantitative estimate of drug-likeness (QED) is 0.785. The van der Waals surface area contributed by atoms with Gasteiger partial charge in [0.2, 0.25) is 11.8 Å². The van der Waals surface area contributed by atoms with Crippen molar-refractivity contribution in [2.45, 2.75) is 24.8 Å². The molecule has 2 saturated heterocycles. The molecule has 28 heavy (non-hydrogen) atoms. The molecule has 0 saturated carbocycles. The first-order chi connectivity index (χ1) is 13.6. The third kappa shape index (κ3) is 2.67. The summed E-state index contributed by atoms with van der Waals surface area (Å²) in [5.74, 6) is -0.594. The predicted octanol–water partition coefficient (Wildman–Crippen LogP) is 2.53. The first-order valence-electron chi connectivity index (χ1n) is 9.27. The van der Waals surface area contributed by atoms with Gasteiger partial charge in [0.25, 0.3) is 0 Å². The molecule has 2 bridgehead atoms. The number of amides is 2. The van der Waals surface area contributed by atoms with E-state index < -0.39 is 17.4 Å². The van der Waals surface area contributed by atoms with E-state index in [-0.39, 0.29) is 17.9 Å². The molecule has 1 aromatic carbocycles. The van der Waals surface area contributed by atoms with Crippen molar-refractivity contribution >= 4 is 23.4 Å². The van der Waals surface area contributed by atoms with Gasteiger partial charge in [0.05, 0.1) is 37.3 Å². The fraction of sp³-hybridized carbons (Fsp3) is 0.333. The van der Waals surface area contributed by atoms with Gasteiger partial charge in [-0.2, -0.15) is 0 Å². The van der Waals surface area contributed by atoms with Crippen molar-refractivity contribution in [1.82, 2.24) is 10.2 Å². The van der Waals surface area contributed by atoms with E-state index in [1.807, 2.05) is 36.4 Å². The summed E-state index contributed by atoms with van der Waals surface area (Å²) in [6.07, 6.45) is 5.06. The highest BCUT2D eigenvalue weighted by Gasteiger charge is 2.66. The number of hydrogen-bond donors (Lipinski definition) is 1. The number of benzene rings is 1. The fourth-order valence-electron chi connectivity index (χ4n) is 4.54. The van der Waals surface area contributed by atoms with Crippen molar-refractivity contribution < 1.29 is 18.7 Å². The lowest BCUT2D eigenvalue weighted by Crippen LogP contribution is -2.43. The molecule has 1 N–H and O–H groups in total. The Morgan fingerprint density at radius 2 is 2.14 bits per heavy atom. The Morgan fingerprint density at radius 1 is 1.29 bits per heavy atom. The first-order valence-corrected chi connectivity index (χ1v) is 9.65. The standard InChI is InChI=1S/C21H19ClN2O4/c22-15-6-2-1-4-13(15)10-23-19(25)17-16-7-8-21(28-16)12-24(20(26)18(17)21)11-14-5-3-9-27-14/h1-9,16-18H,10-12H2,(H,23,25)/t16-,17?,18?,21?/m1/s1. The molecule has 4 atom stereocenters. The molecule has 3 aliphatic rings. The summed E-state index contributed by atoms with van der Waals surface area (Å²) >= 11 is 6.17. The second kappa shape index (κ2) is 6.50. The molecule has 6 nitrogen and oxygen atoms in total. The van der Waals surface area contributed by atoms with Crippen molar-refractivity contribution in [3.8, 4) is 0 Å². The van der Waals surface area contributed by atoms with Crippen LogP contribution in [0.25, 0.3) is 0 Å². The molecule has 3 unspecified atom stereocenters. The van der Waals surface area contributed by atoms with E-state index in [1.54, 1.807) is 23.3 Å². The van der Waals surface area contributed by atoms with Crippen LogP contribution in [-0.2, 0) is 27.4 Å². The van der Waals surface area contributed by atoms with Crippen LogP contribution in [0.2, 0.25) is 5.02 Å². The molecular formula is C21H19ClN2O4. The Balaban J connectivity index is 1.33. The largest absolute Gasteiger partial charge is 0.467 e. The molecule has 0 aliphatic carbocycles. The van der Waals surface area contributed by atoms with Gasteiger partial charge in [-0.3, -0.25) is 9.59 Å². The van der Waals surface area contributed by atoms with Gasteiger partial charge in [-0.1, -0.05) is 42.0 Å². The van der Waals surface area contributed by atoms with Crippen molar-refractivity contribution in [2.24, 2.45) is 11.8 Å². The van der Waals surface area contributed by atoms with E-state index >= 15 is 0 Å². The zero-order valence-electron chi connectivity index (χ0n) is 15.0. The Kier molecular flexibility index (Phi) is 4.07. The van der Waals surface area contributed by atoms with Crippen LogP contribution in [0.4, 0.5) is 0 Å². The minimum Gasteiger partial charge on any atom is -0.467 e. The van der Waals surface area contributed by atoms with Crippen LogP contribution < -0.4 is 5.32 Å². The molecule has 144 valence electrons. The van der Waals surface area contributed by atoms with Crippen molar-refractivity contribution in [3.05, 3.63) is 71.2 Å². The minimum absolute atomic E-state index is 0.0684. The number of carbonyl (C=O) groups excluding carboxylic acids is 2. The smallest absolute Gasteiger partial charge is 0.230 e. The highest BCUT2D eigenvalue weighted by Crippen LogP contribution is 2.52. The summed E-state index contributed by atoms with van der Waals surface area (Å²) in [4.78, 5) is 27.8. The number of hydrogen-bond acceptors (Lipinski definition) is 4. The Labute approximate surface area is 167 Å². The van der Waals surface area contributed by atoms with Gasteiger partial charge >= 0.3 is 0 Å². The molecule has 0 radical (unpaired) electrons. The van der Waals surface area contributed by atoms with Crippen molar-refractivity contribution in [3.63, 3.8) is 0 Å². The van der Waals surface area contributed by atoms with Crippen LogP contribution in [0.3, 0.4) is 0 Å². The molecule has 2 fully saturated rings. The molecule has 2 amide bonds. The molecule has 3 aliphatic heterocycles. The number of carbonyl (C=O) groups is 2. The zero-order chi connectivity index (χ0) is 19.3. The lowest BCUT2D eigenvalue weighted by Gasteiger charge is -2.23. The minimum atomic E-state index is -0.721. The molecule has 4 heterocycles. The van der Waals surface area contributed by atoms with Crippen LogP contribution in [0.1, 0.15) is 11.3 Å². The van der Waals surface area contributed by atoms with Gasteiger partial charge in [-0.25, -0.2) is 0 Å². The van der Waals surface area contributed by atoms with Gasteiger partial charge < -0.3 is 19.4 Å². The number of halogens is 1. The summed E-state index contributed by atoms with van der Waals surface area (Å²) in [7, 11) is 0. The van der Waals surface area contributed by atoms with E-state index in [0.717, 1.165) is 5.56 Å². The van der Waals surface area contributed by atoms with Crippen LogP contribution >= 0.6 is 11.6 Å².